The van der Waals surface area contributed by atoms with Gasteiger partial charge in [0.2, 0.25) is 0 Å². The molecule has 0 atom stereocenters. The molecule has 142 valence electrons. The van der Waals surface area contributed by atoms with Crippen LogP contribution in [0, 0.1) is 0 Å². The van der Waals surface area contributed by atoms with E-state index in [1.165, 1.54) is 28.7 Å². The predicted molar refractivity (Wildman–Crippen MR) is 119 cm³/mol. The van der Waals surface area contributed by atoms with Crippen molar-refractivity contribution in [2.45, 2.75) is 14.4 Å². The zero-order valence-corrected chi connectivity index (χ0v) is 17.3. The highest BCUT2D eigenvalue weighted by Crippen LogP contribution is 2.30. The maximum Gasteiger partial charge on any atom is 0.250 e. The molecule has 0 aliphatic heterocycles. The fourth-order valence-corrected chi connectivity index (χ4v) is 4.83. The summed E-state index contributed by atoms with van der Waals surface area (Å²) in [5.41, 5.74) is 4.82. The quantitative estimate of drug-likeness (QED) is 0.304. The van der Waals surface area contributed by atoms with Crippen LogP contribution < -0.4 is 5.43 Å². The Morgan fingerprint density at radius 2 is 1.68 bits per heavy atom. The zero-order chi connectivity index (χ0) is 19.4. The summed E-state index contributed by atoms with van der Waals surface area (Å²) >= 11 is 4.50. The summed E-state index contributed by atoms with van der Waals surface area (Å²) in [5.74, 6) is 0.923. The molecule has 0 saturated heterocycles. The number of amides is 1. The van der Waals surface area contributed by atoms with Crippen molar-refractivity contribution < 1.29 is 4.79 Å². The molecular formula is C20H18N4OS3. The number of rotatable bonds is 9. The second kappa shape index (κ2) is 11.4. The van der Waals surface area contributed by atoms with Gasteiger partial charge in [-0.15, -0.1) is 10.2 Å². The van der Waals surface area contributed by atoms with E-state index in [0.29, 0.717) is 0 Å². The van der Waals surface area contributed by atoms with Gasteiger partial charge in [-0.2, -0.15) is 5.10 Å². The van der Waals surface area contributed by atoms with Gasteiger partial charge in [0.05, 0.1) is 5.75 Å². The number of carbonyl (C=O) groups is 1. The number of aromatic nitrogens is 2. The molecule has 1 N–H and O–H groups in total. The number of carbonyl (C=O) groups excluding carboxylic acids is 1. The lowest BCUT2D eigenvalue weighted by Gasteiger charge is -1.97. The third-order valence-corrected chi connectivity index (χ3v) is 6.62. The average Bonchev–Trinajstić information content (AvgIpc) is 3.20. The van der Waals surface area contributed by atoms with Gasteiger partial charge in [-0.05, 0) is 17.2 Å². The second-order valence-corrected chi connectivity index (χ2v) is 8.90. The first-order chi connectivity index (χ1) is 13.8. The minimum absolute atomic E-state index is 0.178. The normalized spacial score (nSPS) is 11.3. The lowest BCUT2D eigenvalue weighted by atomic mass is 10.2. The Bertz CT molecular complexity index is 927. The molecule has 1 heterocycles. The van der Waals surface area contributed by atoms with Crippen LogP contribution in [0.2, 0.25) is 0 Å². The summed E-state index contributed by atoms with van der Waals surface area (Å²) in [7, 11) is 0. The molecule has 0 fully saturated rings. The van der Waals surface area contributed by atoms with E-state index in [9.17, 15) is 4.79 Å². The van der Waals surface area contributed by atoms with Crippen molar-refractivity contribution in [1.29, 1.82) is 0 Å². The van der Waals surface area contributed by atoms with Crippen molar-refractivity contribution in [3.63, 3.8) is 0 Å². The fourth-order valence-electron chi connectivity index (χ4n) is 2.06. The number of thioether (sulfide) groups is 2. The van der Waals surface area contributed by atoms with Crippen molar-refractivity contribution in [3.05, 3.63) is 77.9 Å². The van der Waals surface area contributed by atoms with Gasteiger partial charge in [0.15, 0.2) is 8.68 Å². The van der Waals surface area contributed by atoms with E-state index < -0.39 is 0 Å². The maximum absolute atomic E-state index is 11.8. The van der Waals surface area contributed by atoms with Crippen LogP contribution in [-0.4, -0.2) is 28.1 Å². The first-order valence-electron chi connectivity index (χ1n) is 8.46. The summed E-state index contributed by atoms with van der Waals surface area (Å²) in [6.07, 6.45) is 5.25. The summed E-state index contributed by atoms with van der Waals surface area (Å²) < 4.78 is 1.68. The number of benzene rings is 2. The highest BCUT2D eigenvalue weighted by atomic mass is 32.2. The highest BCUT2D eigenvalue weighted by molar-refractivity contribution is 8.03. The molecule has 1 amide bonds. The van der Waals surface area contributed by atoms with Crippen molar-refractivity contribution in [1.82, 2.24) is 15.6 Å². The third kappa shape index (κ3) is 7.30. The Kier molecular flexibility index (Phi) is 8.29. The Hall–Kier alpha value is -2.42. The number of hydrogen-bond acceptors (Lipinski definition) is 7. The van der Waals surface area contributed by atoms with Crippen LogP contribution in [0.25, 0.3) is 6.08 Å². The summed E-state index contributed by atoms with van der Waals surface area (Å²) in [4.78, 5) is 11.8. The van der Waals surface area contributed by atoms with Crippen molar-refractivity contribution in [2.24, 2.45) is 5.10 Å². The molecule has 3 rings (SSSR count). The van der Waals surface area contributed by atoms with Gasteiger partial charge < -0.3 is 0 Å². The Labute approximate surface area is 176 Å². The van der Waals surface area contributed by atoms with Gasteiger partial charge >= 0.3 is 0 Å². The largest absolute Gasteiger partial charge is 0.272 e. The maximum atomic E-state index is 11.8. The smallest absolute Gasteiger partial charge is 0.250 e. The summed E-state index contributed by atoms with van der Waals surface area (Å²) in [6, 6.07) is 20.1. The molecule has 0 aliphatic rings. The molecule has 8 heteroatoms. The number of hydrazone groups is 1. The molecule has 0 radical (unpaired) electrons. The highest BCUT2D eigenvalue weighted by Gasteiger charge is 2.08. The topological polar surface area (TPSA) is 67.2 Å². The van der Waals surface area contributed by atoms with E-state index in [4.69, 9.17) is 0 Å². The van der Waals surface area contributed by atoms with Gasteiger partial charge in [-0.1, -0.05) is 102 Å². The Morgan fingerprint density at radius 3 is 2.43 bits per heavy atom. The SMILES string of the molecule is O=C(CSc1nnc(SCc2ccccc2)s1)N/N=C/C=C/c1ccccc1. The number of nitrogens with one attached hydrogen (secondary N) is 1. The van der Waals surface area contributed by atoms with Crippen molar-refractivity contribution >= 4 is 53.1 Å². The van der Waals surface area contributed by atoms with Crippen LogP contribution >= 0.6 is 34.9 Å². The van der Waals surface area contributed by atoms with Crippen molar-refractivity contribution in [2.75, 3.05) is 5.75 Å². The van der Waals surface area contributed by atoms with Gasteiger partial charge in [0.1, 0.15) is 0 Å². The van der Waals surface area contributed by atoms with Crippen LogP contribution in [0.3, 0.4) is 0 Å². The van der Waals surface area contributed by atoms with E-state index >= 15 is 0 Å². The van der Waals surface area contributed by atoms with Crippen LogP contribution in [0.5, 0.6) is 0 Å². The first kappa shape index (κ1) is 20.3. The fraction of sp³-hybridized carbons (Fsp3) is 0.100. The lowest BCUT2D eigenvalue weighted by molar-refractivity contribution is -0.118. The summed E-state index contributed by atoms with van der Waals surface area (Å²) in [5, 5.41) is 12.2. The molecule has 2 aromatic carbocycles. The predicted octanol–water partition coefficient (Wildman–Crippen LogP) is 4.74. The lowest BCUT2D eigenvalue weighted by Crippen LogP contribution is -2.19. The zero-order valence-electron chi connectivity index (χ0n) is 14.9. The third-order valence-electron chi connectivity index (χ3n) is 3.36. The standard InChI is InChI=1S/C20H18N4OS3/c25-18(22-21-13-7-12-16-8-3-1-4-9-16)15-27-20-24-23-19(28-20)26-14-17-10-5-2-6-11-17/h1-13H,14-15H2,(H,22,25)/b12-7+,21-13+. The van der Waals surface area contributed by atoms with Gasteiger partial charge in [0, 0.05) is 12.0 Å². The molecule has 0 spiro atoms. The van der Waals surface area contributed by atoms with E-state index in [2.05, 4.69) is 32.9 Å². The number of hydrogen-bond donors (Lipinski definition) is 1. The van der Waals surface area contributed by atoms with Crippen LogP contribution in [0.4, 0.5) is 0 Å². The molecule has 3 aromatic rings. The van der Waals surface area contributed by atoms with Gasteiger partial charge in [-0.3, -0.25) is 4.79 Å². The summed E-state index contributed by atoms with van der Waals surface area (Å²) in [6.45, 7) is 0. The second-order valence-electron chi connectivity index (χ2n) is 5.48. The molecular weight excluding hydrogens is 408 g/mol. The van der Waals surface area contributed by atoms with E-state index in [-0.39, 0.29) is 11.7 Å². The van der Waals surface area contributed by atoms with Crippen LogP contribution in [0.1, 0.15) is 11.1 Å². The molecule has 0 aliphatic carbocycles. The van der Waals surface area contributed by atoms with Crippen molar-refractivity contribution in [3.8, 4) is 0 Å². The van der Waals surface area contributed by atoms with E-state index in [1.807, 2.05) is 54.6 Å². The van der Waals surface area contributed by atoms with Crippen LogP contribution in [-0.2, 0) is 10.5 Å². The molecule has 0 saturated carbocycles. The molecule has 0 bridgehead atoms. The Balaban J connectivity index is 1.36. The minimum atomic E-state index is -0.178. The molecule has 1 aromatic heterocycles. The van der Waals surface area contributed by atoms with Gasteiger partial charge in [0.25, 0.3) is 5.91 Å². The molecule has 28 heavy (non-hydrogen) atoms. The minimum Gasteiger partial charge on any atom is -0.272 e. The van der Waals surface area contributed by atoms with Gasteiger partial charge in [-0.25, -0.2) is 5.43 Å². The molecule has 0 unspecified atom stereocenters. The Morgan fingerprint density at radius 1 is 1.00 bits per heavy atom. The monoisotopic (exact) mass is 426 g/mol. The number of nitrogens with zero attached hydrogens (tertiary/aromatic N) is 3. The first-order valence-corrected chi connectivity index (χ1v) is 11.2. The number of allylic oxidation sites excluding steroid dienone is 1. The van der Waals surface area contributed by atoms with E-state index in [0.717, 1.165) is 20.0 Å². The van der Waals surface area contributed by atoms with Crippen LogP contribution in [0.15, 0.2) is 80.5 Å². The average molecular weight is 427 g/mol. The molecule has 5 nitrogen and oxygen atoms in total. The van der Waals surface area contributed by atoms with E-state index in [1.54, 1.807) is 24.1 Å².